The summed E-state index contributed by atoms with van der Waals surface area (Å²) in [6.45, 7) is -0.292. The van der Waals surface area contributed by atoms with E-state index in [4.69, 9.17) is 5.26 Å². The number of rotatable bonds is 8. The van der Waals surface area contributed by atoms with E-state index in [1.54, 1.807) is 36.4 Å². The summed E-state index contributed by atoms with van der Waals surface area (Å²) < 4.78 is 25.0. The summed E-state index contributed by atoms with van der Waals surface area (Å²) in [4.78, 5) is 28.3. The van der Waals surface area contributed by atoms with Crippen LogP contribution >= 0.6 is 0 Å². The van der Waals surface area contributed by atoms with E-state index in [2.05, 4.69) is 15.6 Å². The molecule has 1 heterocycles. The van der Waals surface area contributed by atoms with Crippen LogP contribution < -0.4 is 10.6 Å². The van der Waals surface area contributed by atoms with Crippen LogP contribution in [0.15, 0.2) is 54.9 Å². The zero-order chi connectivity index (χ0) is 19.7. The number of nitriles is 1. The van der Waals surface area contributed by atoms with E-state index in [0.717, 1.165) is 0 Å². The van der Waals surface area contributed by atoms with E-state index in [0.29, 0.717) is 5.56 Å². The van der Waals surface area contributed by atoms with Crippen molar-refractivity contribution in [2.24, 2.45) is 0 Å². The molecule has 2 N–H and O–H groups in total. The molecule has 0 radical (unpaired) electrons. The van der Waals surface area contributed by atoms with E-state index >= 15 is 0 Å². The molecule has 8 nitrogen and oxygen atoms in total. The number of aromatic nitrogens is 1. The molecule has 140 valence electrons. The summed E-state index contributed by atoms with van der Waals surface area (Å²) in [5.41, 5.74) is 0.817. The van der Waals surface area contributed by atoms with Crippen LogP contribution in [0.1, 0.15) is 15.9 Å². The molecule has 9 heteroatoms. The predicted molar refractivity (Wildman–Crippen MR) is 98.0 cm³/mol. The first-order chi connectivity index (χ1) is 12.9. The molecule has 0 bridgehead atoms. The molecular weight excluding hydrogens is 368 g/mol. The lowest BCUT2D eigenvalue weighted by molar-refractivity contribution is -0.122. The monoisotopic (exact) mass is 386 g/mol. The van der Waals surface area contributed by atoms with Gasteiger partial charge in [-0.2, -0.15) is 5.26 Å². The van der Waals surface area contributed by atoms with Crippen molar-refractivity contribution >= 4 is 21.7 Å². The van der Waals surface area contributed by atoms with Crippen molar-refractivity contribution in [2.45, 2.75) is 11.8 Å². The smallest absolute Gasteiger partial charge is 0.252 e. The second-order valence-corrected chi connectivity index (χ2v) is 7.79. The molecule has 2 amide bonds. The average Bonchev–Trinajstić information content (AvgIpc) is 2.66. The Kier molecular flexibility index (Phi) is 7.02. The number of benzene rings is 1. The summed E-state index contributed by atoms with van der Waals surface area (Å²) in [5, 5.41) is 13.3. The van der Waals surface area contributed by atoms with Crippen LogP contribution in [-0.2, 0) is 20.4 Å². The highest BCUT2D eigenvalue weighted by atomic mass is 32.2. The molecule has 0 aliphatic rings. The normalized spacial score (nSPS) is 11.8. The van der Waals surface area contributed by atoms with Gasteiger partial charge >= 0.3 is 0 Å². The first-order valence-corrected chi connectivity index (χ1v) is 9.83. The lowest BCUT2D eigenvalue weighted by Gasteiger charge is -2.18. The Hall–Kier alpha value is -3.25. The van der Waals surface area contributed by atoms with Crippen LogP contribution in [-0.4, -0.2) is 43.6 Å². The van der Waals surface area contributed by atoms with Gasteiger partial charge < -0.3 is 10.6 Å². The Labute approximate surface area is 157 Å². The molecule has 0 saturated heterocycles. The quantitative estimate of drug-likeness (QED) is 0.633. The number of pyridine rings is 1. The SMILES string of the molecule is N#CCNC(=O)C(CS(=O)(=O)Cc1ccccc1)NC(=O)c1ccncc1. The second kappa shape index (κ2) is 9.45. The van der Waals surface area contributed by atoms with Gasteiger partial charge in [0.1, 0.15) is 12.6 Å². The number of nitrogens with zero attached hydrogens (tertiary/aromatic N) is 2. The number of hydrogen-bond acceptors (Lipinski definition) is 6. The molecule has 1 aromatic heterocycles. The van der Waals surface area contributed by atoms with Gasteiger partial charge in [-0.1, -0.05) is 30.3 Å². The molecule has 0 spiro atoms. The zero-order valence-electron chi connectivity index (χ0n) is 14.3. The number of amides is 2. The first kappa shape index (κ1) is 20.1. The Balaban J connectivity index is 2.15. The number of hydrogen-bond donors (Lipinski definition) is 2. The fraction of sp³-hybridized carbons (Fsp3) is 0.222. The summed E-state index contributed by atoms with van der Waals surface area (Å²) in [5.74, 6) is -2.20. The van der Waals surface area contributed by atoms with E-state index in [1.165, 1.54) is 24.5 Å². The third-order valence-corrected chi connectivity index (χ3v) is 5.17. The minimum absolute atomic E-state index is 0.239. The molecule has 2 rings (SSSR count). The third-order valence-electron chi connectivity index (χ3n) is 3.56. The number of carbonyl (C=O) groups excluding carboxylic acids is 2. The molecule has 27 heavy (non-hydrogen) atoms. The Morgan fingerprint density at radius 1 is 1.11 bits per heavy atom. The maximum atomic E-state index is 12.5. The van der Waals surface area contributed by atoms with Gasteiger partial charge in [-0.3, -0.25) is 14.6 Å². The lowest BCUT2D eigenvalue weighted by atomic mass is 10.2. The van der Waals surface area contributed by atoms with Crippen molar-refractivity contribution < 1.29 is 18.0 Å². The van der Waals surface area contributed by atoms with Crippen LogP contribution in [0.3, 0.4) is 0 Å². The van der Waals surface area contributed by atoms with Crippen LogP contribution in [0.2, 0.25) is 0 Å². The molecule has 0 aliphatic heterocycles. The van der Waals surface area contributed by atoms with Gasteiger partial charge in [0.25, 0.3) is 5.91 Å². The van der Waals surface area contributed by atoms with Crippen LogP contribution in [0, 0.1) is 11.3 Å². The highest BCUT2D eigenvalue weighted by molar-refractivity contribution is 7.90. The van der Waals surface area contributed by atoms with Gasteiger partial charge in [-0.25, -0.2) is 8.42 Å². The highest BCUT2D eigenvalue weighted by Crippen LogP contribution is 2.08. The minimum Gasteiger partial charge on any atom is -0.341 e. The summed E-state index contributed by atoms with van der Waals surface area (Å²) in [6.07, 6.45) is 2.82. The van der Waals surface area contributed by atoms with Crippen LogP contribution in [0.5, 0.6) is 0 Å². The topological polar surface area (TPSA) is 129 Å². The zero-order valence-corrected chi connectivity index (χ0v) is 15.1. The van der Waals surface area contributed by atoms with Crippen molar-refractivity contribution in [3.05, 3.63) is 66.0 Å². The molecule has 1 atom stereocenters. The maximum absolute atomic E-state index is 12.5. The Bertz CT molecular complexity index is 925. The standard InChI is InChI=1S/C18H18N4O4S/c19-8-11-21-18(24)16(22-17(23)15-6-9-20-10-7-15)13-27(25,26)12-14-4-2-1-3-5-14/h1-7,9-10,16H,11-13H2,(H,21,24)(H,22,23). The van der Waals surface area contributed by atoms with E-state index in [1.807, 2.05) is 0 Å². The van der Waals surface area contributed by atoms with Crippen LogP contribution in [0.25, 0.3) is 0 Å². The van der Waals surface area contributed by atoms with Gasteiger partial charge in [-0.05, 0) is 17.7 Å². The molecule has 1 aromatic carbocycles. The lowest BCUT2D eigenvalue weighted by Crippen LogP contribution is -2.50. The summed E-state index contributed by atoms with van der Waals surface area (Å²) in [7, 11) is -3.70. The average molecular weight is 386 g/mol. The number of sulfone groups is 1. The molecule has 2 aromatic rings. The Morgan fingerprint density at radius 2 is 1.78 bits per heavy atom. The molecule has 1 unspecified atom stereocenters. The third kappa shape index (κ3) is 6.52. The van der Waals surface area contributed by atoms with Gasteiger partial charge in [-0.15, -0.1) is 0 Å². The molecule has 0 saturated carbocycles. The summed E-state index contributed by atoms with van der Waals surface area (Å²) in [6, 6.07) is 11.8. The van der Waals surface area contributed by atoms with Crippen LogP contribution in [0.4, 0.5) is 0 Å². The number of carbonyl (C=O) groups is 2. The fourth-order valence-electron chi connectivity index (χ4n) is 2.32. The molecular formula is C18H18N4O4S. The molecule has 0 fully saturated rings. The van der Waals surface area contributed by atoms with E-state index in [9.17, 15) is 18.0 Å². The van der Waals surface area contributed by atoms with Gasteiger partial charge in [0.2, 0.25) is 5.91 Å². The minimum atomic E-state index is -3.70. The second-order valence-electron chi connectivity index (χ2n) is 5.68. The largest absolute Gasteiger partial charge is 0.341 e. The first-order valence-electron chi connectivity index (χ1n) is 8.01. The molecule has 0 aliphatic carbocycles. The van der Waals surface area contributed by atoms with Crippen molar-refractivity contribution in [1.82, 2.24) is 15.6 Å². The van der Waals surface area contributed by atoms with E-state index in [-0.39, 0.29) is 17.9 Å². The highest BCUT2D eigenvalue weighted by Gasteiger charge is 2.27. The fourth-order valence-corrected chi connectivity index (χ4v) is 3.88. The van der Waals surface area contributed by atoms with Crippen molar-refractivity contribution in [2.75, 3.05) is 12.3 Å². The van der Waals surface area contributed by atoms with Gasteiger partial charge in [0.05, 0.1) is 17.6 Å². The maximum Gasteiger partial charge on any atom is 0.252 e. The summed E-state index contributed by atoms with van der Waals surface area (Å²) >= 11 is 0. The Morgan fingerprint density at radius 3 is 2.41 bits per heavy atom. The number of nitrogens with one attached hydrogen (secondary N) is 2. The van der Waals surface area contributed by atoms with Crippen molar-refractivity contribution in [3.8, 4) is 6.07 Å². The van der Waals surface area contributed by atoms with Gasteiger partial charge in [0.15, 0.2) is 9.84 Å². The van der Waals surface area contributed by atoms with Crippen molar-refractivity contribution in [1.29, 1.82) is 5.26 Å². The predicted octanol–water partition coefficient (Wildman–Crippen LogP) is 0.435. The van der Waals surface area contributed by atoms with Crippen molar-refractivity contribution in [3.63, 3.8) is 0 Å². The van der Waals surface area contributed by atoms with E-state index < -0.39 is 33.4 Å². The van der Waals surface area contributed by atoms with Gasteiger partial charge in [0, 0.05) is 18.0 Å².